The molecule has 0 spiro atoms. The third kappa shape index (κ3) is 4.64. The summed E-state index contributed by atoms with van der Waals surface area (Å²) in [6.07, 6.45) is 1.45. The molecule has 1 N–H and O–H groups in total. The lowest BCUT2D eigenvalue weighted by molar-refractivity contribution is -0.123. The fourth-order valence-electron chi connectivity index (χ4n) is 2.79. The van der Waals surface area contributed by atoms with Crippen molar-refractivity contribution in [3.63, 3.8) is 0 Å². The molecule has 3 aromatic rings. The van der Waals surface area contributed by atoms with Gasteiger partial charge in [-0.3, -0.25) is 19.0 Å². The van der Waals surface area contributed by atoms with Crippen LogP contribution < -0.4 is 10.9 Å². The summed E-state index contributed by atoms with van der Waals surface area (Å²) < 4.78 is 1.98. The summed E-state index contributed by atoms with van der Waals surface area (Å²) in [4.78, 5) is 38.3. The molecule has 2 aromatic carbocycles. The molecule has 1 heterocycles. The highest BCUT2D eigenvalue weighted by Crippen LogP contribution is 2.17. The average Bonchev–Trinajstić information content (AvgIpc) is 2.69. The van der Waals surface area contributed by atoms with Crippen molar-refractivity contribution in [3.8, 4) is 0 Å². The Kier molecular flexibility index (Phi) is 6.21. The molecular formula is C22H19BrN2O3. The number of benzene rings is 2. The lowest BCUT2D eigenvalue weighted by atomic mass is 10.0. The van der Waals surface area contributed by atoms with Crippen molar-refractivity contribution in [2.24, 2.45) is 0 Å². The number of pyridine rings is 1. The van der Waals surface area contributed by atoms with Crippen LogP contribution in [-0.4, -0.2) is 16.3 Å². The van der Waals surface area contributed by atoms with Gasteiger partial charge in [0, 0.05) is 28.8 Å². The smallest absolute Gasteiger partial charge is 0.251 e. The van der Waals surface area contributed by atoms with E-state index in [1.807, 2.05) is 31.2 Å². The minimum Gasteiger partial charge on any atom is -0.350 e. The van der Waals surface area contributed by atoms with Gasteiger partial charge in [-0.05, 0) is 30.7 Å². The van der Waals surface area contributed by atoms with Gasteiger partial charge in [0.15, 0.2) is 11.8 Å². The number of carbonyl (C=O) groups is 2. The van der Waals surface area contributed by atoms with Gasteiger partial charge in [-0.2, -0.15) is 0 Å². The summed E-state index contributed by atoms with van der Waals surface area (Å²) in [6, 6.07) is 17.7. The topological polar surface area (TPSA) is 68.2 Å². The van der Waals surface area contributed by atoms with Gasteiger partial charge in [-0.1, -0.05) is 64.0 Å². The highest BCUT2D eigenvalue weighted by Gasteiger charge is 2.29. The maximum absolute atomic E-state index is 13.1. The van der Waals surface area contributed by atoms with Crippen LogP contribution in [0.2, 0.25) is 0 Å². The van der Waals surface area contributed by atoms with Gasteiger partial charge in [0.1, 0.15) is 0 Å². The zero-order chi connectivity index (χ0) is 20.1. The van der Waals surface area contributed by atoms with Crippen molar-refractivity contribution in [1.29, 1.82) is 0 Å². The zero-order valence-electron chi connectivity index (χ0n) is 15.3. The van der Waals surface area contributed by atoms with Gasteiger partial charge in [0.25, 0.3) is 11.5 Å². The SMILES string of the molecule is Cc1ccc(CNC(=O)[C@H](C(=O)c2ccc(Br)cc2)n2ccccc2=O)cc1. The summed E-state index contributed by atoms with van der Waals surface area (Å²) in [5.41, 5.74) is 1.97. The quantitative estimate of drug-likeness (QED) is 0.471. The monoisotopic (exact) mass is 438 g/mol. The lowest BCUT2D eigenvalue weighted by Gasteiger charge is -2.18. The van der Waals surface area contributed by atoms with Crippen LogP contribution in [0.25, 0.3) is 0 Å². The molecule has 0 aliphatic heterocycles. The highest BCUT2D eigenvalue weighted by molar-refractivity contribution is 9.10. The minimum atomic E-state index is -1.28. The van der Waals surface area contributed by atoms with Crippen LogP contribution in [0.1, 0.15) is 27.5 Å². The van der Waals surface area contributed by atoms with E-state index < -0.39 is 23.3 Å². The number of amides is 1. The van der Waals surface area contributed by atoms with Crippen LogP contribution in [0, 0.1) is 6.92 Å². The van der Waals surface area contributed by atoms with E-state index in [1.54, 1.807) is 36.4 Å². The van der Waals surface area contributed by atoms with Gasteiger partial charge in [-0.25, -0.2) is 0 Å². The molecule has 1 atom stereocenters. The molecule has 6 heteroatoms. The molecule has 0 unspecified atom stereocenters. The molecule has 0 saturated carbocycles. The zero-order valence-corrected chi connectivity index (χ0v) is 16.8. The Morgan fingerprint density at radius 3 is 2.32 bits per heavy atom. The van der Waals surface area contributed by atoms with Crippen LogP contribution in [0.4, 0.5) is 0 Å². The Morgan fingerprint density at radius 1 is 1.00 bits per heavy atom. The van der Waals surface area contributed by atoms with Gasteiger partial charge < -0.3 is 5.32 Å². The second-order valence-electron chi connectivity index (χ2n) is 6.42. The summed E-state index contributed by atoms with van der Waals surface area (Å²) >= 11 is 3.33. The van der Waals surface area contributed by atoms with E-state index in [-0.39, 0.29) is 6.54 Å². The number of rotatable bonds is 6. The Hall–Kier alpha value is -2.99. The number of halogens is 1. The summed E-state index contributed by atoms with van der Waals surface area (Å²) in [5.74, 6) is -0.969. The molecule has 28 heavy (non-hydrogen) atoms. The number of hydrogen-bond acceptors (Lipinski definition) is 3. The van der Waals surface area contributed by atoms with Crippen LogP contribution in [0.5, 0.6) is 0 Å². The first kappa shape index (κ1) is 19.8. The first-order valence-electron chi connectivity index (χ1n) is 8.76. The van der Waals surface area contributed by atoms with Crippen LogP contribution in [0.3, 0.4) is 0 Å². The molecule has 3 rings (SSSR count). The van der Waals surface area contributed by atoms with E-state index in [0.29, 0.717) is 5.56 Å². The number of aromatic nitrogens is 1. The van der Waals surface area contributed by atoms with E-state index >= 15 is 0 Å². The number of Topliss-reactive ketones (excluding diaryl/α,β-unsaturated/α-hetero) is 1. The second-order valence-corrected chi connectivity index (χ2v) is 7.34. The number of nitrogens with one attached hydrogen (secondary N) is 1. The Labute approximate surface area is 171 Å². The number of nitrogens with zero attached hydrogens (tertiary/aromatic N) is 1. The van der Waals surface area contributed by atoms with Crippen molar-refractivity contribution >= 4 is 27.6 Å². The fourth-order valence-corrected chi connectivity index (χ4v) is 3.05. The molecule has 0 radical (unpaired) electrons. The standard InChI is InChI=1S/C22H19BrN2O3/c1-15-5-7-16(8-6-15)14-24-22(28)20(25-13-3-2-4-19(25)26)21(27)17-9-11-18(23)12-10-17/h2-13,20H,14H2,1H3,(H,24,28)/t20-/m0/s1. The maximum atomic E-state index is 13.1. The first-order valence-corrected chi connectivity index (χ1v) is 9.55. The highest BCUT2D eigenvalue weighted by atomic mass is 79.9. The molecule has 1 amide bonds. The Morgan fingerprint density at radius 2 is 1.68 bits per heavy atom. The second kappa shape index (κ2) is 8.80. The number of carbonyl (C=O) groups excluding carboxylic acids is 2. The van der Waals surface area contributed by atoms with E-state index in [9.17, 15) is 14.4 Å². The van der Waals surface area contributed by atoms with Crippen molar-refractivity contribution < 1.29 is 9.59 Å². The van der Waals surface area contributed by atoms with Gasteiger partial charge in [0.05, 0.1) is 0 Å². The third-order valence-corrected chi connectivity index (χ3v) is 4.87. The molecule has 0 saturated heterocycles. The number of ketones is 1. The molecule has 0 fully saturated rings. The molecule has 5 nitrogen and oxygen atoms in total. The van der Waals surface area contributed by atoms with Gasteiger partial charge in [-0.15, -0.1) is 0 Å². The van der Waals surface area contributed by atoms with E-state index in [1.165, 1.54) is 12.3 Å². The molecule has 0 aliphatic carbocycles. The summed E-state index contributed by atoms with van der Waals surface area (Å²) in [6.45, 7) is 2.25. The lowest BCUT2D eigenvalue weighted by Crippen LogP contribution is -2.41. The Balaban J connectivity index is 1.89. The molecule has 142 valence electrons. The van der Waals surface area contributed by atoms with E-state index in [2.05, 4.69) is 21.2 Å². The molecule has 0 aliphatic rings. The maximum Gasteiger partial charge on any atom is 0.251 e. The van der Waals surface area contributed by atoms with Gasteiger partial charge in [0.2, 0.25) is 0 Å². The predicted octanol–water partition coefficient (Wildman–Crippen LogP) is 3.66. The van der Waals surface area contributed by atoms with Crippen molar-refractivity contribution in [2.75, 3.05) is 0 Å². The van der Waals surface area contributed by atoms with Gasteiger partial charge >= 0.3 is 0 Å². The largest absolute Gasteiger partial charge is 0.350 e. The summed E-state index contributed by atoms with van der Waals surface area (Å²) in [5, 5.41) is 2.78. The number of aryl methyl sites for hydroxylation is 1. The average molecular weight is 439 g/mol. The minimum absolute atomic E-state index is 0.269. The molecule has 1 aromatic heterocycles. The van der Waals surface area contributed by atoms with Crippen molar-refractivity contribution in [1.82, 2.24) is 9.88 Å². The molecule has 0 bridgehead atoms. The van der Waals surface area contributed by atoms with E-state index in [0.717, 1.165) is 20.2 Å². The van der Waals surface area contributed by atoms with Crippen LogP contribution in [0.15, 0.2) is 82.2 Å². The van der Waals surface area contributed by atoms with Crippen molar-refractivity contribution in [2.45, 2.75) is 19.5 Å². The fraction of sp³-hybridized carbons (Fsp3) is 0.136. The third-order valence-electron chi connectivity index (χ3n) is 4.34. The number of hydrogen-bond donors (Lipinski definition) is 1. The van der Waals surface area contributed by atoms with Crippen molar-refractivity contribution in [3.05, 3.63) is 104 Å². The first-order chi connectivity index (χ1) is 13.5. The summed E-state index contributed by atoms with van der Waals surface area (Å²) in [7, 11) is 0. The Bertz CT molecular complexity index is 1040. The predicted molar refractivity (Wildman–Crippen MR) is 111 cm³/mol. The van der Waals surface area contributed by atoms with Crippen LogP contribution in [-0.2, 0) is 11.3 Å². The van der Waals surface area contributed by atoms with E-state index in [4.69, 9.17) is 0 Å². The normalized spacial score (nSPS) is 11.6. The molecular weight excluding hydrogens is 420 g/mol. The van der Waals surface area contributed by atoms with Crippen LogP contribution >= 0.6 is 15.9 Å².